The number of aliphatic hydroxyl groups is 1. The Kier molecular flexibility index (Phi) is 17.0. The number of aliphatic hydroxyl groups excluding tert-OH is 1. The van der Waals surface area contributed by atoms with Crippen LogP contribution in [0.4, 0.5) is 74.6 Å². The third-order valence-electron chi connectivity index (χ3n) is 9.12. The minimum absolute atomic E-state index is 0.115. The quantitative estimate of drug-likeness (QED) is 0.0204. The van der Waals surface area contributed by atoms with Crippen LogP contribution in [0.15, 0.2) is 48.1 Å². The van der Waals surface area contributed by atoms with Crippen molar-refractivity contribution in [3.8, 4) is 5.75 Å². The summed E-state index contributed by atoms with van der Waals surface area (Å²) in [5.74, 6) is -57.5. The van der Waals surface area contributed by atoms with E-state index in [0.29, 0.717) is 11.1 Å². The molecule has 0 aromatic heterocycles. The molecule has 0 aliphatic carbocycles. The standard InChI is InChI=1S/C33H40F17NO6Si/c1-18(2)58(19(3)4,57-15-14-56-22-10-8-21(9-11-22)25(53)23(55-6)12-7-20(5)17-24(52)51-54)16-13-26(34,35)27(36,37)28(38,39)29(40,41)30(42,43)31(44,45)32(46,47)33(48,49)50/h7-12,17-19,23,25,53-54H,13-16H2,1-6H3,(H,51,52)/b12-7+,20-17+/t23-,25-/m0/s1. The Bertz CT molecular complexity index is 1560. The lowest BCUT2D eigenvalue weighted by Crippen LogP contribution is -2.74. The lowest BCUT2D eigenvalue weighted by atomic mass is 9.88. The number of hydrogen-bond donors (Lipinski definition) is 3. The van der Waals surface area contributed by atoms with Gasteiger partial charge in [-0.05, 0) is 47.3 Å². The molecule has 0 aliphatic heterocycles. The van der Waals surface area contributed by atoms with Crippen molar-refractivity contribution in [1.82, 2.24) is 5.48 Å². The van der Waals surface area contributed by atoms with Crippen LogP contribution in [0.2, 0.25) is 17.1 Å². The third kappa shape index (κ3) is 10.2. The molecular weight excluding hydrogens is 857 g/mol. The lowest BCUT2D eigenvalue weighted by Gasteiger charge is -2.44. The summed E-state index contributed by atoms with van der Waals surface area (Å²) in [5.41, 5.74) is 0.323. The Hall–Kier alpha value is -3.16. The van der Waals surface area contributed by atoms with Gasteiger partial charge in [-0.3, -0.25) is 10.0 Å². The summed E-state index contributed by atoms with van der Waals surface area (Å²) in [6.45, 7) is 5.83. The van der Waals surface area contributed by atoms with Crippen LogP contribution < -0.4 is 10.2 Å². The van der Waals surface area contributed by atoms with Crippen LogP contribution >= 0.6 is 0 Å². The molecule has 0 unspecified atom stereocenters. The molecule has 58 heavy (non-hydrogen) atoms. The molecule has 1 amide bonds. The van der Waals surface area contributed by atoms with E-state index in [-0.39, 0.29) is 5.75 Å². The molecule has 1 rings (SSSR count). The fourth-order valence-corrected chi connectivity index (χ4v) is 10.0. The first-order chi connectivity index (χ1) is 26.0. The number of carbonyl (C=O) groups is 1. The molecule has 3 N–H and O–H groups in total. The van der Waals surface area contributed by atoms with E-state index >= 15 is 0 Å². The van der Waals surface area contributed by atoms with E-state index < -0.39 is 111 Å². The molecule has 0 heterocycles. The first kappa shape index (κ1) is 52.9. The number of ether oxygens (including phenoxy) is 2. The molecule has 1 aromatic carbocycles. The monoisotopic (exact) mass is 897 g/mol. The Morgan fingerprint density at radius 1 is 0.741 bits per heavy atom. The third-order valence-corrected chi connectivity index (χ3v) is 14.8. The van der Waals surface area contributed by atoms with E-state index in [1.54, 1.807) is 0 Å². The Balaban J connectivity index is 3.22. The SMILES string of the molecule is CO[C@@H](/C=C/C(C)=C/C(=O)NO)[C@@H](O)c1ccc(OCCO[Si](CCC(F)(F)C(F)(F)C(F)(F)C(F)(F)C(F)(F)C(F)(F)C(F)(F)C(F)(F)F)(C(C)C)C(C)C)cc1. The second-order valence-electron chi connectivity index (χ2n) is 13.5. The van der Waals surface area contributed by atoms with Gasteiger partial charge < -0.3 is 19.0 Å². The normalized spacial score (nSPS) is 16.0. The zero-order valence-corrected chi connectivity index (χ0v) is 32.1. The van der Waals surface area contributed by atoms with Gasteiger partial charge in [0.1, 0.15) is 24.6 Å². The number of hydroxylamine groups is 1. The molecule has 7 nitrogen and oxygen atoms in total. The maximum absolute atomic E-state index is 14.9. The number of halogens is 17. The highest BCUT2D eigenvalue weighted by atomic mass is 28.4. The average Bonchev–Trinajstić information content (AvgIpc) is 3.10. The number of allylic oxidation sites excluding steroid dienone is 2. The largest absolute Gasteiger partial charge is 0.491 e. The molecule has 0 saturated heterocycles. The summed E-state index contributed by atoms with van der Waals surface area (Å²) >= 11 is 0. The maximum atomic E-state index is 14.9. The minimum Gasteiger partial charge on any atom is -0.491 e. The lowest BCUT2D eigenvalue weighted by molar-refractivity contribution is -0.461. The zero-order valence-electron chi connectivity index (χ0n) is 31.1. The first-order valence-electron chi connectivity index (χ1n) is 16.6. The van der Waals surface area contributed by atoms with Crippen molar-refractivity contribution in [3.63, 3.8) is 0 Å². The zero-order chi connectivity index (χ0) is 45.7. The highest BCUT2D eigenvalue weighted by molar-refractivity contribution is 6.76. The summed E-state index contributed by atoms with van der Waals surface area (Å²) < 4.78 is 251. The van der Waals surface area contributed by atoms with E-state index in [9.17, 15) is 84.5 Å². The van der Waals surface area contributed by atoms with Gasteiger partial charge in [0.2, 0.25) is 0 Å². The van der Waals surface area contributed by atoms with Crippen LogP contribution in [0, 0.1) is 0 Å². The topological polar surface area (TPSA) is 97.3 Å². The molecule has 25 heteroatoms. The van der Waals surface area contributed by atoms with Gasteiger partial charge in [-0.1, -0.05) is 52.0 Å². The summed E-state index contributed by atoms with van der Waals surface area (Å²) in [6, 6.07) is 4.17. The predicted molar refractivity (Wildman–Crippen MR) is 173 cm³/mol. The van der Waals surface area contributed by atoms with Crippen LogP contribution in [-0.4, -0.2) is 98.6 Å². The van der Waals surface area contributed by atoms with Gasteiger partial charge in [0, 0.05) is 19.6 Å². The minimum atomic E-state index is -8.69. The van der Waals surface area contributed by atoms with Crippen LogP contribution in [-0.2, 0) is 14.0 Å². The van der Waals surface area contributed by atoms with Crippen molar-refractivity contribution in [2.75, 3.05) is 20.3 Å². The molecule has 0 bridgehead atoms. The first-order valence-corrected chi connectivity index (χ1v) is 18.9. The van der Waals surface area contributed by atoms with Crippen molar-refractivity contribution in [3.05, 3.63) is 53.6 Å². The summed E-state index contributed by atoms with van der Waals surface area (Å²) in [4.78, 5) is 11.2. The molecular formula is C33H40F17NO6Si. The van der Waals surface area contributed by atoms with Gasteiger partial charge in [0.05, 0.1) is 6.61 Å². The van der Waals surface area contributed by atoms with Crippen LogP contribution in [0.3, 0.4) is 0 Å². The number of carbonyl (C=O) groups excluding carboxylic acids is 1. The smallest absolute Gasteiger partial charge is 0.460 e. The number of rotatable bonds is 22. The molecule has 0 spiro atoms. The van der Waals surface area contributed by atoms with Crippen molar-refractivity contribution in [1.29, 1.82) is 0 Å². The molecule has 2 atom stereocenters. The van der Waals surface area contributed by atoms with Gasteiger partial charge >= 0.3 is 47.6 Å². The van der Waals surface area contributed by atoms with Crippen LogP contribution in [0.1, 0.15) is 52.7 Å². The fourth-order valence-electron chi connectivity index (χ4n) is 5.54. The maximum Gasteiger partial charge on any atom is 0.460 e. The van der Waals surface area contributed by atoms with E-state index in [1.165, 1.54) is 83.6 Å². The van der Waals surface area contributed by atoms with Crippen molar-refractivity contribution >= 4 is 14.2 Å². The highest BCUT2D eigenvalue weighted by Crippen LogP contribution is 2.64. The van der Waals surface area contributed by atoms with Crippen LogP contribution in [0.5, 0.6) is 5.75 Å². The van der Waals surface area contributed by atoms with Gasteiger partial charge in [-0.2, -0.15) is 74.6 Å². The molecule has 0 saturated carbocycles. The Morgan fingerprint density at radius 2 is 1.19 bits per heavy atom. The molecule has 336 valence electrons. The van der Waals surface area contributed by atoms with Crippen molar-refractivity contribution in [2.45, 2.75) is 118 Å². The van der Waals surface area contributed by atoms with Crippen LogP contribution in [0.25, 0.3) is 0 Å². The number of methoxy groups -OCH3 is 1. The summed E-state index contributed by atoms with van der Waals surface area (Å²) in [7, 11) is -2.70. The number of benzene rings is 1. The highest BCUT2D eigenvalue weighted by Gasteiger charge is 2.95. The Labute approximate surface area is 321 Å². The van der Waals surface area contributed by atoms with Gasteiger partial charge in [0.15, 0.2) is 8.32 Å². The molecule has 1 aromatic rings. The van der Waals surface area contributed by atoms with Gasteiger partial charge in [-0.15, -0.1) is 0 Å². The Morgan fingerprint density at radius 3 is 1.60 bits per heavy atom. The van der Waals surface area contributed by atoms with Crippen molar-refractivity contribution in [2.24, 2.45) is 0 Å². The molecule has 0 radical (unpaired) electrons. The second kappa shape index (κ2) is 18.6. The summed E-state index contributed by atoms with van der Waals surface area (Å²) in [5, 5.41) is 19.3. The predicted octanol–water partition coefficient (Wildman–Crippen LogP) is 10.3. The van der Waals surface area contributed by atoms with E-state index in [4.69, 9.17) is 19.1 Å². The van der Waals surface area contributed by atoms with Gasteiger partial charge in [0.25, 0.3) is 5.91 Å². The second-order valence-corrected chi connectivity index (χ2v) is 18.6. The van der Waals surface area contributed by atoms with Crippen molar-refractivity contribution < 1.29 is 104 Å². The number of amides is 1. The number of nitrogens with one attached hydrogen (secondary N) is 1. The number of hydrogen-bond acceptors (Lipinski definition) is 6. The average molecular weight is 898 g/mol. The molecule has 0 fully saturated rings. The summed E-state index contributed by atoms with van der Waals surface area (Å²) in [6.07, 6.45) is -8.72. The fraction of sp³-hybridized carbons (Fsp3) is 0.667. The van der Waals surface area contributed by atoms with E-state index in [2.05, 4.69) is 0 Å². The number of alkyl halides is 17. The van der Waals surface area contributed by atoms with Gasteiger partial charge in [-0.25, -0.2) is 5.48 Å². The molecule has 0 aliphatic rings. The van der Waals surface area contributed by atoms with E-state index in [1.807, 2.05) is 0 Å². The van der Waals surface area contributed by atoms with E-state index in [0.717, 1.165) is 6.08 Å².